The molecule has 0 aromatic heterocycles. The van der Waals surface area contributed by atoms with Gasteiger partial charge in [-0.05, 0) is 93.2 Å². The molecule has 28 nitrogen and oxygen atoms in total. The van der Waals surface area contributed by atoms with E-state index in [1.807, 2.05) is 0 Å². The Kier molecular flexibility index (Phi) is 31.1. The number of benzene rings is 2. The molecule has 85 heavy (non-hydrogen) atoms. The van der Waals surface area contributed by atoms with E-state index < -0.39 is 136 Å². The van der Waals surface area contributed by atoms with Gasteiger partial charge in [0.05, 0.1) is 11.4 Å². The van der Waals surface area contributed by atoms with Crippen LogP contribution >= 0.6 is 0 Å². The van der Waals surface area contributed by atoms with Crippen LogP contribution in [-0.2, 0) is 69.3 Å². The molecule has 29 heteroatoms. The highest BCUT2D eigenvalue weighted by Gasteiger charge is 2.35. The largest absolute Gasteiger partial charge is 0.445 e. The average Bonchev–Trinajstić information content (AvgIpc) is 3.58. The van der Waals surface area contributed by atoms with Crippen molar-refractivity contribution in [2.45, 2.75) is 174 Å². The number of alkyl carbamates (subject to hydrolysis) is 1. The van der Waals surface area contributed by atoms with Crippen LogP contribution in [0.2, 0.25) is 0 Å². The van der Waals surface area contributed by atoms with E-state index in [0.29, 0.717) is 5.56 Å². The van der Waals surface area contributed by atoms with Crippen LogP contribution in [0.5, 0.6) is 0 Å². The van der Waals surface area contributed by atoms with E-state index in [-0.39, 0.29) is 93.1 Å². The fourth-order valence-electron chi connectivity index (χ4n) is 8.28. The Morgan fingerprint density at radius 3 is 1.42 bits per heavy atom. The Morgan fingerprint density at radius 2 is 0.965 bits per heavy atom. The number of aryl methyl sites for hydroxylation is 1. The molecule has 2 rings (SSSR count). The van der Waals surface area contributed by atoms with Crippen molar-refractivity contribution in [3.8, 4) is 0 Å². The number of carbonyl (C=O) groups excluding carboxylic acids is 11. The van der Waals surface area contributed by atoms with Crippen molar-refractivity contribution in [1.82, 2.24) is 47.3 Å². The lowest BCUT2D eigenvalue weighted by molar-refractivity contribution is -0.135. The van der Waals surface area contributed by atoms with Gasteiger partial charge in [-0.3, -0.25) is 52.9 Å². The van der Waals surface area contributed by atoms with Gasteiger partial charge in [-0.1, -0.05) is 103 Å². The number of hydrogen-bond acceptors (Lipinski definition) is 15. The third kappa shape index (κ3) is 28.6. The summed E-state index contributed by atoms with van der Waals surface area (Å²) in [5, 5.41) is 20.3. The smallest absolute Gasteiger partial charge is 0.408 e. The third-order valence-corrected chi connectivity index (χ3v) is 14.1. The van der Waals surface area contributed by atoms with E-state index in [1.165, 1.54) is 12.1 Å². The summed E-state index contributed by atoms with van der Waals surface area (Å²) in [6.07, 6.45) is -2.64. The minimum atomic E-state index is -4.13. The third-order valence-electron chi connectivity index (χ3n) is 12.7. The molecule has 0 aliphatic carbocycles. The van der Waals surface area contributed by atoms with Crippen molar-refractivity contribution in [1.29, 1.82) is 0 Å². The number of rotatable bonds is 37. The van der Waals surface area contributed by atoms with Crippen LogP contribution in [0, 0.1) is 30.6 Å². The van der Waals surface area contributed by atoms with Gasteiger partial charge in [0.2, 0.25) is 65.0 Å². The second-order valence-electron chi connectivity index (χ2n) is 22.2. The molecule has 0 radical (unpaired) electrons. The van der Waals surface area contributed by atoms with Gasteiger partial charge in [0.15, 0.2) is 0 Å². The number of carbonyl (C=O) groups is 11. The van der Waals surface area contributed by atoms with E-state index in [4.69, 9.17) is 27.7 Å². The fourth-order valence-corrected chi connectivity index (χ4v) is 9.23. The maximum absolute atomic E-state index is 14.5. The lowest BCUT2D eigenvalue weighted by Crippen LogP contribution is -2.59. The number of nitrogens with one attached hydrogen (secondary N) is 9. The van der Waals surface area contributed by atoms with E-state index >= 15 is 0 Å². The minimum absolute atomic E-state index is 0.0177. The van der Waals surface area contributed by atoms with Crippen LogP contribution in [0.3, 0.4) is 0 Å². The molecule has 11 amide bonds. The van der Waals surface area contributed by atoms with Crippen molar-refractivity contribution in [2.24, 2.45) is 51.6 Å². The number of sulfonamides is 1. The van der Waals surface area contributed by atoms with Gasteiger partial charge >= 0.3 is 6.09 Å². The molecular formula is C56H88N14O14S. The topological polar surface area (TPSA) is 456 Å². The number of guanidine groups is 1. The second-order valence-corrected chi connectivity index (χ2v) is 23.9. The number of aliphatic imine (C=N–C) groups is 1. The van der Waals surface area contributed by atoms with E-state index in [2.05, 4.69) is 52.2 Å². The molecule has 7 atom stereocenters. The molecule has 0 aliphatic rings. The number of ether oxygens (including phenoxy) is 1. The maximum Gasteiger partial charge on any atom is 0.408 e. The van der Waals surface area contributed by atoms with Crippen LogP contribution in [-0.4, -0.2) is 135 Å². The van der Waals surface area contributed by atoms with Crippen molar-refractivity contribution in [3.63, 3.8) is 0 Å². The first-order valence-corrected chi connectivity index (χ1v) is 29.6. The quantitative estimate of drug-likeness (QED) is 0.0230. The average molecular weight is 1210 g/mol. The molecule has 472 valence electrons. The van der Waals surface area contributed by atoms with Crippen LogP contribution in [0.4, 0.5) is 4.79 Å². The Bertz CT molecular complexity index is 2740. The SMILES string of the molecule is Cc1ccc(S(=O)(=O)NC(N)=NCCC[C@H](NC(=O)[C@H](CCC(N)=O)NC(=O)OCc2ccccc2)C(=O)N[C@@H](CC(C)C)C(=O)N[C@@H](CC(C)C)C(=O)N[C@@H](CCC(N)=O)C(=O)NCC(=O)N[C@@H](CC(C)C)C(=O)N[C@H](C(N)=O)C(C)C)cc1. The first-order valence-electron chi connectivity index (χ1n) is 28.1. The van der Waals surface area contributed by atoms with Crippen LogP contribution in [0.25, 0.3) is 0 Å². The van der Waals surface area contributed by atoms with Gasteiger partial charge in [0, 0.05) is 19.4 Å². The van der Waals surface area contributed by atoms with Crippen molar-refractivity contribution < 1.29 is 65.9 Å². The standard InChI is InChI=1S/C56H88N14O14S/c1-31(2)26-41(54(80)69-47(34(7)8)48(59)74)63-46(73)29-62-49(75)39(21-23-44(57)71)65-52(78)42(27-32(3)4)67-53(79)43(28-33(5)6)66-50(76)38(16-13-25-61-55(60)70-85(82,83)37-19-17-35(9)18-20-37)64-51(77)40(22-24-45(58)72)68-56(81)84-30-36-14-11-10-12-15-36/h10-12,14-15,17-20,31-34,38-43,47H,13,16,21-30H2,1-9H3,(H2,57,71)(H2,58,72)(H2,59,74)(H,62,75)(H,63,73)(H,64,77)(H,65,78)(H,66,76)(H,67,79)(H,68,81)(H,69,80)(H3,60,61,70)/t38-,39-,40-,41-,42-,43-,47-/m0/s1. The zero-order chi connectivity index (χ0) is 64.1. The lowest BCUT2D eigenvalue weighted by Gasteiger charge is -2.28. The predicted molar refractivity (Wildman–Crippen MR) is 315 cm³/mol. The van der Waals surface area contributed by atoms with E-state index in [1.54, 1.807) is 105 Å². The Balaban J connectivity index is 2.44. The Hall–Kier alpha value is -8.37. The van der Waals surface area contributed by atoms with Gasteiger partial charge in [0.1, 0.15) is 48.9 Å². The highest BCUT2D eigenvalue weighted by Crippen LogP contribution is 2.14. The number of nitrogens with zero attached hydrogens (tertiary/aromatic N) is 1. The molecule has 0 spiro atoms. The summed E-state index contributed by atoms with van der Waals surface area (Å²) in [5.74, 6) is -9.97. The summed E-state index contributed by atoms with van der Waals surface area (Å²) in [7, 11) is -4.13. The summed E-state index contributed by atoms with van der Waals surface area (Å²) in [5.41, 5.74) is 23.7. The molecule has 0 saturated carbocycles. The molecule has 0 bridgehead atoms. The minimum Gasteiger partial charge on any atom is -0.445 e. The summed E-state index contributed by atoms with van der Waals surface area (Å²) in [6.45, 7) is 14.7. The van der Waals surface area contributed by atoms with Gasteiger partial charge in [-0.15, -0.1) is 0 Å². The first-order chi connectivity index (χ1) is 39.8. The Labute approximate surface area is 496 Å². The summed E-state index contributed by atoms with van der Waals surface area (Å²) < 4.78 is 33.4. The van der Waals surface area contributed by atoms with Crippen LogP contribution < -0.4 is 70.2 Å². The summed E-state index contributed by atoms with van der Waals surface area (Å²) >= 11 is 0. The van der Waals surface area contributed by atoms with Gasteiger partial charge < -0.3 is 70.2 Å². The molecule has 17 N–H and O–H groups in total. The lowest BCUT2D eigenvalue weighted by atomic mass is 9.99. The first kappa shape index (κ1) is 72.7. The number of hydrogen-bond donors (Lipinski definition) is 13. The maximum atomic E-state index is 14.5. The monoisotopic (exact) mass is 1210 g/mol. The molecular weight excluding hydrogens is 1120 g/mol. The predicted octanol–water partition coefficient (Wildman–Crippen LogP) is -0.501. The van der Waals surface area contributed by atoms with Crippen molar-refractivity contribution in [3.05, 3.63) is 65.7 Å². The van der Waals surface area contributed by atoms with E-state index in [0.717, 1.165) is 5.56 Å². The van der Waals surface area contributed by atoms with Gasteiger partial charge in [-0.2, -0.15) is 0 Å². The van der Waals surface area contributed by atoms with Gasteiger partial charge in [-0.25, -0.2) is 17.9 Å². The molecule has 0 aliphatic heterocycles. The van der Waals surface area contributed by atoms with Crippen LogP contribution in [0.15, 0.2) is 64.5 Å². The Morgan fingerprint density at radius 1 is 0.529 bits per heavy atom. The molecule has 0 fully saturated rings. The highest BCUT2D eigenvalue weighted by molar-refractivity contribution is 7.90. The number of amides is 11. The molecule has 0 saturated heterocycles. The summed E-state index contributed by atoms with van der Waals surface area (Å²) in [6, 6.07) is 5.14. The molecule has 0 unspecified atom stereocenters. The molecule has 2 aromatic carbocycles. The normalized spacial score (nSPS) is 14.1. The summed E-state index contributed by atoms with van der Waals surface area (Å²) in [4.78, 5) is 150. The number of nitrogens with two attached hydrogens (primary N) is 4. The molecule has 0 heterocycles. The van der Waals surface area contributed by atoms with Crippen molar-refractivity contribution >= 4 is 81.1 Å². The second kappa shape index (κ2) is 36.4. The highest BCUT2D eigenvalue weighted by atomic mass is 32.2. The number of primary amides is 3. The zero-order valence-corrected chi connectivity index (χ0v) is 50.7. The van der Waals surface area contributed by atoms with E-state index in [9.17, 15) is 61.2 Å². The van der Waals surface area contributed by atoms with Crippen LogP contribution in [0.1, 0.15) is 124 Å². The zero-order valence-electron chi connectivity index (χ0n) is 49.9. The molecule has 2 aromatic rings. The van der Waals surface area contributed by atoms with Gasteiger partial charge in [0.25, 0.3) is 10.0 Å². The van der Waals surface area contributed by atoms with Crippen molar-refractivity contribution in [2.75, 3.05) is 13.1 Å². The fraction of sp³-hybridized carbons (Fsp3) is 0.571.